The van der Waals surface area contributed by atoms with Crippen molar-refractivity contribution in [2.75, 3.05) is 207 Å². The van der Waals surface area contributed by atoms with Gasteiger partial charge in [-0.1, -0.05) is 137 Å². The molecule has 0 amide bonds. The molecule has 22 heteroatoms. The number of nitrogens with zero attached hydrogens (tertiary/aromatic N) is 7. The minimum atomic E-state index is 0.0577. The van der Waals surface area contributed by atoms with Gasteiger partial charge >= 0.3 is 0 Å². The molecule has 2 N–H and O–H groups in total. The van der Waals surface area contributed by atoms with Crippen LogP contribution in [0.3, 0.4) is 0 Å². The zero-order valence-corrected chi connectivity index (χ0v) is 84.9. The molecule has 0 radical (unpaired) electrons. The largest absolute Gasteiger partial charge is 0.634 e. The molecule has 708 valence electrons. The average Bonchev–Trinajstić information content (AvgIpc) is 1.50. The highest BCUT2D eigenvalue weighted by atomic mass is 16.6. The third kappa shape index (κ3) is 51.9. The summed E-state index contributed by atoms with van der Waals surface area (Å²) in [4.78, 5) is 12.2. The number of likely N-dealkylation sites (N-methyl/N-ethyl adjacent to an activating group) is 1. The fourth-order valence-corrected chi connectivity index (χ4v) is 12.5. The van der Waals surface area contributed by atoms with Crippen LogP contribution in [0.15, 0.2) is 42.9 Å². The zero-order valence-electron chi connectivity index (χ0n) is 84.9. The Balaban J connectivity index is 0. The third-order valence-corrected chi connectivity index (χ3v) is 21.6. The first-order valence-electron chi connectivity index (χ1n) is 46.8. The van der Waals surface area contributed by atoms with Crippen LogP contribution in [-0.4, -0.2) is 313 Å². The molecule has 14 aliphatic rings. The predicted molar refractivity (Wildman–Crippen MR) is 500 cm³/mol. The van der Waals surface area contributed by atoms with Gasteiger partial charge in [-0.2, -0.15) is 4.73 Å². The molecule has 0 aromatic carbocycles. The number of quaternary nitrogens is 2. The van der Waals surface area contributed by atoms with E-state index in [1.165, 1.54) is 102 Å². The van der Waals surface area contributed by atoms with Crippen LogP contribution >= 0.6 is 0 Å². The highest BCUT2D eigenvalue weighted by molar-refractivity contribution is 5.25. The Morgan fingerprint density at radius 2 is 0.916 bits per heavy atom. The SMILES string of the molecule is C1CC2(C1)COC2.C1CC2(C1)COCCO2.C=C1NCC12CN(C(C)C)C2.CC.CC.CC(C)(C)C.CC(C)(C)N1CCOCC1.CC(C)C.CC(C)C.CC(C)C.CC(C)N1CC2(CCO2)C1.CC(C)N1CC2(COC2)C1.CC(C)[NH+](C)[O-].CN1CCOCC1.COC1COC2C(OC(C)C)COC12.[CH2+]C(C)[N+](C)(C)C.[O-][n+]1ccccc1. The molecule has 1 aromatic heterocycles. The maximum Gasteiger partial charge on any atom is 0.215 e. The number of aromatic nitrogens is 1. The van der Waals surface area contributed by atoms with Crippen LogP contribution in [0.2, 0.25) is 0 Å². The smallest absolute Gasteiger partial charge is 0.215 e. The van der Waals surface area contributed by atoms with Gasteiger partial charge in [0, 0.05) is 145 Å². The Bertz CT molecular complexity index is 2450. The fraction of sp³-hybridized carbons (Fsp3) is 0.918. The molecule has 119 heavy (non-hydrogen) atoms. The van der Waals surface area contributed by atoms with Crippen LogP contribution in [0.1, 0.15) is 260 Å². The van der Waals surface area contributed by atoms with Gasteiger partial charge < -0.3 is 77.8 Å². The summed E-state index contributed by atoms with van der Waals surface area (Å²) in [6, 6.07) is 8.01. The van der Waals surface area contributed by atoms with Gasteiger partial charge in [0.1, 0.15) is 31.3 Å². The van der Waals surface area contributed by atoms with E-state index in [1.807, 2.05) is 55.4 Å². The van der Waals surface area contributed by atoms with Crippen molar-refractivity contribution in [3.8, 4) is 0 Å². The first-order chi connectivity index (χ1) is 55.3. The van der Waals surface area contributed by atoms with Crippen molar-refractivity contribution < 1.29 is 66.4 Å². The minimum Gasteiger partial charge on any atom is -0.634 e. The lowest BCUT2D eigenvalue weighted by atomic mass is 9.67. The van der Waals surface area contributed by atoms with Gasteiger partial charge in [-0.15, -0.1) is 0 Å². The number of nitrogens with one attached hydrogen (secondary N) is 2. The first-order valence-corrected chi connectivity index (χ1v) is 46.8. The molecule has 14 fully saturated rings. The van der Waals surface area contributed by atoms with Crippen LogP contribution in [-0.2, 0) is 52.1 Å². The molecule has 6 unspecified atom stereocenters. The monoisotopic (exact) mass is 1700 g/mol. The summed E-state index contributed by atoms with van der Waals surface area (Å²) in [5.74, 6) is 2.50. The second-order valence-electron chi connectivity index (χ2n) is 41.6. The Morgan fingerprint density at radius 3 is 1.13 bits per heavy atom. The van der Waals surface area contributed by atoms with E-state index in [4.69, 9.17) is 52.1 Å². The van der Waals surface area contributed by atoms with E-state index in [0.29, 0.717) is 58.7 Å². The topological polar surface area (TPSA) is 184 Å². The number of rotatable bonds is 8. The van der Waals surface area contributed by atoms with Gasteiger partial charge in [-0.05, 0) is 152 Å². The summed E-state index contributed by atoms with van der Waals surface area (Å²) >= 11 is 0. The predicted octanol–water partition coefficient (Wildman–Crippen LogP) is 15.9. The molecular formula is C97H199N9O13+2. The number of hydrogen-bond donors (Lipinski definition) is 2. The van der Waals surface area contributed by atoms with Gasteiger partial charge in [-0.25, -0.2) is 0 Å². The molecule has 12 aliphatic heterocycles. The van der Waals surface area contributed by atoms with E-state index in [0.717, 1.165) is 150 Å². The number of fused-ring (bicyclic) bond motifs is 1. The average molecular weight is 1700 g/mol. The van der Waals surface area contributed by atoms with Crippen molar-refractivity contribution in [2.45, 2.75) is 337 Å². The van der Waals surface area contributed by atoms with Crippen LogP contribution in [0.5, 0.6) is 0 Å². The molecule has 13 heterocycles. The van der Waals surface area contributed by atoms with Gasteiger partial charge in [0.2, 0.25) is 6.04 Å². The fourth-order valence-electron chi connectivity index (χ4n) is 12.5. The number of pyridine rings is 1. The van der Waals surface area contributed by atoms with E-state index in [2.05, 4.69) is 231 Å². The van der Waals surface area contributed by atoms with Crippen molar-refractivity contribution in [2.24, 2.45) is 39.4 Å². The van der Waals surface area contributed by atoms with Crippen LogP contribution in [0, 0.1) is 56.8 Å². The summed E-state index contributed by atoms with van der Waals surface area (Å²) in [7, 11) is 11.8. The molecule has 2 aliphatic carbocycles. The quantitative estimate of drug-likeness (QED) is 0.0823. The molecular weight excluding hydrogens is 1500 g/mol. The summed E-state index contributed by atoms with van der Waals surface area (Å²) in [6.07, 6.45) is 12.7. The number of methoxy groups -OCH3 is 1. The van der Waals surface area contributed by atoms with Crippen molar-refractivity contribution in [3.05, 3.63) is 60.2 Å². The zero-order chi connectivity index (χ0) is 91.8. The van der Waals surface area contributed by atoms with E-state index in [-0.39, 0.29) is 47.2 Å². The van der Waals surface area contributed by atoms with Crippen LogP contribution in [0.4, 0.5) is 0 Å². The summed E-state index contributed by atoms with van der Waals surface area (Å²) in [5.41, 5.74) is 4.38. The first kappa shape index (κ1) is 119. The second-order valence-corrected chi connectivity index (χ2v) is 41.6. The number of hydrogen-bond acceptors (Lipinski definition) is 19. The van der Waals surface area contributed by atoms with Crippen molar-refractivity contribution in [1.29, 1.82) is 0 Å². The van der Waals surface area contributed by atoms with Crippen molar-refractivity contribution in [1.82, 2.24) is 29.8 Å². The standard InChI is InChI=1S/C10H18O4.C9H16N2.2C8H15NO.C8H17NO.C7H12O2.C6H15N.C6H10O.C5H11NO.C5H5NO.C5H12.C4H11NO.3C4H10.2C2H6/c1-6(2)14-8-5-13-9-7(11-3)4-12-10(8)9;1-7(2)11-5-9(6-11)4-10-8(9)3;1-7(2)9-3-8(4-9)5-10-6-8;1-7(2)9-5-8(6-9)3-4-10-8;1-8(2,3)9-4-6-10-7-5-9;1-2-7(3-1)6-8-4-5-9-7;1-6(2)7(3,4)5;1-2-6(3-1)4-7-5-6;1-6-2-4-7-5-3-6;7-6-4-2-1-3-5-6;1-5(2,3)4;1-4(2)5(3)6;3*1-4(2)3;2*1-2/h6-10H,4-5H2,1-3H3;7,10H,3-6H2,1-2H3;2*7H,3-6H2,1-2H3;4-7H2,1-3H3;1-6H2;6H,1H2,2-5H3;1-5H2;2-5H2,1H3;1-5H;1-4H3;4-5H,1-3H3;3*4H,1-3H3;2*1-2H3/q;;;;;;+2;;;;;;;;;;. The molecule has 5 spiro atoms. The van der Waals surface area contributed by atoms with Crippen molar-refractivity contribution >= 4 is 0 Å². The van der Waals surface area contributed by atoms with Crippen molar-refractivity contribution in [3.63, 3.8) is 0 Å². The lowest BCUT2D eigenvalue weighted by molar-refractivity contribution is -0.887. The number of ether oxygens (including phenoxy) is 11. The number of likely N-dealkylation sites (tertiary alicyclic amines) is 3. The number of hydroxylamine groups is 2. The highest BCUT2D eigenvalue weighted by Gasteiger charge is 2.53. The maximum atomic E-state index is 10.2. The normalized spacial score (nSPS) is 24.3. The van der Waals surface area contributed by atoms with E-state index in [1.54, 1.807) is 32.4 Å². The van der Waals surface area contributed by atoms with E-state index >= 15 is 0 Å². The molecule has 6 atom stereocenters. The molecule has 22 nitrogen and oxygen atoms in total. The molecule has 12 saturated heterocycles. The molecule has 0 bridgehead atoms. The third-order valence-electron chi connectivity index (χ3n) is 21.6. The highest BCUT2D eigenvalue weighted by Crippen LogP contribution is 2.47. The summed E-state index contributed by atoms with van der Waals surface area (Å²) < 4.78 is 60.9. The van der Waals surface area contributed by atoms with E-state index in [9.17, 15) is 10.4 Å². The van der Waals surface area contributed by atoms with Gasteiger partial charge in [0.05, 0.1) is 149 Å². The van der Waals surface area contributed by atoms with E-state index < -0.39 is 0 Å². The molecule has 2 saturated carbocycles. The number of morpholine rings is 2. The minimum absolute atomic E-state index is 0.0577. The van der Waals surface area contributed by atoms with Gasteiger partial charge in [0.25, 0.3) is 0 Å². The van der Waals surface area contributed by atoms with Gasteiger partial charge in [-0.3, -0.25) is 24.1 Å². The maximum absolute atomic E-state index is 10.2. The molecule has 1 aromatic rings. The summed E-state index contributed by atoms with van der Waals surface area (Å²) in [6.45, 7) is 99.6. The Kier molecular flexibility index (Phi) is 60.9. The Morgan fingerprint density at radius 1 is 0.538 bits per heavy atom. The Labute approximate surface area is 736 Å². The second kappa shape index (κ2) is 61.1. The van der Waals surface area contributed by atoms with Crippen LogP contribution in [0.25, 0.3) is 0 Å². The lowest BCUT2D eigenvalue weighted by Crippen LogP contribution is -3.07. The summed E-state index contributed by atoms with van der Waals surface area (Å²) in [5, 5.41) is 23.8. The lowest BCUT2D eigenvalue weighted by Gasteiger charge is -2.59. The van der Waals surface area contributed by atoms with Crippen LogP contribution < -0.4 is 15.1 Å². The molecule has 15 rings (SSSR count). The van der Waals surface area contributed by atoms with Gasteiger partial charge in [0.15, 0.2) is 12.4 Å². The Hall–Kier alpha value is -2.40.